The zero-order chi connectivity index (χ0) is 9.68. The average molecular weight is 181 g/mol. The number of hydrogen-bond acceptors (Lipinski definition) is 3. The molecule has 13 heavy (non-hydrogen) atoms. The lowest BCUT2D eigenvalue weighted by Crippen LogP contribution is -2.24. The van der Waals surface area contributed by atoms with Crippen LogP contribution in [0.3, 0.4) is 0 Å². The van der Waals surface area contributed by atoms with E-state index in [-0.39, 0.29) is 11.7 Å². The summed E-state index contributed by atoms with van der Waals surface area (Å²) in [6.45, 7) is 2.64. The Morgan fingerprint density at radius 1 is 1.69 bits per heavy atom. The smallest absolute Gasteiger partial charge is 0.144 e. The molecule has 1 atom stereocenters. The lowest BCUT2D eigenvalue weighted by atomic mass is 10.0. The van der Waals surface area contributed by atoms with Gasteiger partial charge >= 0.3 is 0 Å². The second-order valence-corrected chi connectivity index (χ2v) is 3.18. The Labute approximate surface area is 78.1 Å². The molecular weight excluding hydrogens is 166 g/mol. The minimum Gasteiger partial charge on any atom is -0.469 e. The van der Waals surface area contributed by atoms with Crippen molar-refractivity contribution in [1.82, 2.24) is 5.32 Å². The van der Waals surface area contributed by atoms with Gasteiger partial charge in [0, 0.05) is 12.5 Å². The Kier molecular flexibility index (Phi) is 3.71. The highest BCUT2D eigenvalue weighted by Gasteiger charge is 2.13. The Balaban J connectivity index is 2.41. The maximum Gasteiger partial charge on any atom is 0.144 e. The first kappa shape index (κ1) is 9.99. The van der Waals surface area contributed by atoms with Crippen LogP contribution in [0, 0.1) is 5.92 Å². The SMILES string of the molecule is CNCC(C)C(=O)Cc1ccco1. The monoisotopic (exact) mass is 181 g/mol. The van der Waals surface area contributed by atoms with E-state index in [0.29, 0.717) is 6.42 Å². The summed E-state index contributed by atoms with van der Waals surface area (Å²) < 4.78 is 5.09. The normalized spacial score (nSPS) is 12.8. The molecule has 3 nitrogen and oxygen atoms in total. The van der Waals surface area contributed by atoms with E-state index in [0.717, 1.165) is 12.3 Å². The molecule has 0 aliphatic carbocycles. The van der Waals surface area contributed by atoms with Gasteiger partial charge in [0.2, 0.25) is 0 Å². The maximum atomic E-state index is 11.5. The van der Waals surface area contributed by atoms with Gasteiger partial charge in [0.05, 0.1) is 12.7 Å². The van der Waals surface area contributed by atoms with Crippen LogP contribution in [0.1, 0.15) is 12.7 Å². The van der Waals surface area contributed by atoms with Gasteiger partial charge in [-0.05, 0) is 19.2 Å². The number of ketones is 1. The summed E-state index contributed by atoms with van der Waals surface area (Å²) in [4.78, 5) is 11.5. The molecule has 1 rings (SSSR count). The topological polar surface area (TPSA) is 42.2 Å². The minimum atomic E-state index is 0.0510. The first-order valence-electron chi connectivity index (χ1n) is 4.43. The van der Waals surface area contributed by atoms with Crippen LogP contribution in [-0.4, -0.2) is 19.4 Å². The standard InChI is InChI=1S/C10H15NO2/c1-8(7-11-2)10(12)6-9-4-3-5-13-9/h3-5,8,11H,6-7H2,1-2H3. The van der Waals surface area contributed by atoms with Gasteiger partial charge in [-0.2, -0.15) is 0 Å². The number of carbonyl (C=O) groups is 1. The molecule has 0 amide bonds. The molecule has 0 saturated carbocycles. The molecule has 0 saturated heterocycles. The van der Waals surface area contributed by atoms with E-state index < -0.39 is 0 Å². The lowest BCUT2D eigenvalue weighted by molar-refractivity contribution is -0.121. The van der Waals surface area contributed by atoms with Crippen molar-refractivity contribution in [2.45, 2.75) is 13.3 Å². The van der Waals surface area contributed by atoms with Crippen molar-refractivity contribution in [3.8, 4) is 0 Å². The fourth-order valence-electron chi connectivity index (χ4n) is 1.18. The molecule has 0 radical (unpaired) electrons. The van der Waals surface area contributed by atoms with E-state index in [1.54, 1.807) is 12.3 Å². The molecule has 1 unspecified atom stereocenters. The third-order valence-corrected chi connectivity index (χ3v) is 1.99. The zero-order valence-electron chi connectivity index (χ0n) is 8.04. The minimum absolute atomic E-state index is 0.0510. The number of nitrogens with one attached hydrogen (secondary N) is 1. The maximum absolute atomic E-state index is 11.5. The third-order valence-electron chi connectivity index (χ3n) is 1.99. The number of Topliss-reactive ketones (excluding diaryl/α,β-unsaturated/α-hetero) is 1. The Morgan fingerprint density at radius 3 is 3.00 bits per heavy atom. The van der Waals surface area contributed by atoms with Crippen molar-refractivity contribution < 1.29 is 9.21 Å². The summed E-state index contributed by atoms with van der Waals surface area (Å²) in [5, 5.41) is 2.98. The van der Waals surface area contributed by atoms with Crippen LogP contribution in [-0.2, 0) is 11.2 Å². The Bertz CT molecular complexity index is 254. The van der Waals surface area contributed by atoms with Crippen LogP contribution >= 0.6 is 0 Å². The third kappa shape index (κ3) is 3.03. The van der Waals surface area contributed by atoms with Crippen molar-refractivity contribution in [3.63, 3.8) is 0 Å². The van der Waals surface area contributed by atoms with Crippen molar-refractivity contribution in [2.24, 2.45) is 5.92 Å². The lowest BCUT2D eigenvalue weighted by Gasteiger charge is -2.07. The molecule has 72 valence electrons. The molecule has 1 aromatic heterocycles. The van der Waals surface area contributed by atoms with Crippen LogP contribution in [0.5, 0.6) is 0 Å². The van der Waals surface area contributed by atoms with E-state index in [4.69, 9.17) is 4.42 Å². The summed E-state index contributed by atoms with van der Waals surface area (Å²) >= 11 is 0. The fourth-order valence-corrected chi connectivity index (χ4v) is 1.18. The summed E-state index contributed by atoms with van der Waals surface area (Å²) in [5.74, 6) is 1.01. The van der Waals surface area contributed by atoms with Crippen molar-refractivity contribution in [2.75, 3.05) is 13.6 Å². The fraction of sp³-hybridized carbons (Fsp3) is 0.500. The molecule has 0 aromatic carbocycles. The van der Waals surface area contributed by atoms with Gasteiger partial charge in [0.15, 0.2) is 0 Å². The average Bonchev–Trinajstić information content (AvgIpc) is 2.57. The highest BCUT2D eigenvalue weighted by molar-refractivity contribution is 5.82. The van der Waals surface area contributed by atoms with E-state index in [1.807, 2.05) is 20.0 Å². The highest BCUT2D eigenvalue weighted by Crippen LogP contribution is 2.05. The van der Waals surface area contributed by atoms with E-state index in [1.165, 1.54) is 0 Å². The van der Waals surface area contributed by atoms with Crippen LogP contribution in [0.2, 0.25) is 0 Å². The molecule has 3 heteroatoms. The van der Waals surface area contributed by atoms with E-state index in [2.05, 4.69) is 5.32 Å². The summed E-state index contributed by atoms with van der Waals surface area (Å²) in [6, 6.07) is 3.62. The number of carbonyl (C=O) groups excluding carboxylic acids is 1. The number of hydrogen-bond donors (Lipinski definition) is 1. The predicted molar refractivity (Wildman–Crippen MR) is 50.5 cm³/mol. The van der Waals surface area contributed by atoms with E-state index >= 15 is 0 Å². The van der Waals surface area contributed by atoms with Gasteiger partial charge in [-0.1, -0.05) is 6.92 Å². The summed E-state index contributed by atoms with van der Waals surface area (Å²) in [6.07, 6.45) is 1.99. The molecule has 1 N–H and O–H groups in total. The van der Waals surface area contributed by atoms with Crippen molar-refractivity contribution >= 4 is 5.78 Å². The van der Waals surface area contributed by atoms with Gasteiger partial charge < -0.3 is 9.73 Å². The van der Waals surface area contributed by atoms with Crippen LogP contribution in [0.25, 0.3) is 0 Å². The molecule has 1 heterocycles. The van der Waals surface area contributed by atoms with Crippen molar-refractivity contribution in [1.29, 1.82) is 0 Å². The van der Waals surface area contributed by atoms with Crippen LogP contribution in [0.15, 0.2) is 22.8 Å². The first-order chi connectivity index (χ1) is 6.24. The van der Waals surface area contributed by atoms with Crippen LogP contribution < -0.4 is 5.32 Å². The van der Waals surface area contributed by atoms with Gasteiger partial charge in [0.1, 0.15) is 11.5 Å². The van der Waals surface area contributed by atoms with Gasteiger partial charge in [-0.3, -0.25) is 4.79 Å². The molecule has 0 bridgehead atoms. The molecule has 0 aliphatic heterocycles. The second-order valence-electron chi connectivity index (χ2n) is 3.18. The van der Waals surface area contributed by atoms with E-state index in [9.17, 15) is 4.79 Å². The predicted octanol–water partition coefficient (Wildman–Crippen LogP) is 1.25. The molecule has 0 spiro atoms. The molecule has 1 aromatic rings. The highest BCUT2D eigenvalue weighted by atomic mass is 16.3. The summed E-state index contributed by atoms with van der Waals surface area (Å²) in [5.41, 5.74) is 0. The largest absolute Gasteiger partial charge is 0.469 e. The van der Waals surface area contributed by atoms with Gasteiger partial charge in [-0.15, -0.1) is 0 Å². The van der Waals surface area contributed by atoms with Crippen molar-refractivity contribution in [3.05, 3.63) is 24.2 Å². The first-order valence-corrected chi connectivity index (χ1v) is 4.43. The second kappa shape index (κ2) is 4.82. The molecule has 0 fully saturated rings. The Morgan fingerprint density at radius 2 is 2.46 bits per heavy atom. The van der Waals surface area contributed by atoms with Crippen LogP contribution in [0.4, 0.5) is 0 Å². The number of furan rings is 1. The molecular formula is C10H15NO2. The molecule has 0 aliphatic rings. The van der Waals surface area contributed by atoms with Gasteiger partial charge in [-0.25, -0.2) is 0 Å². The Hall–Kier alpha value is -1.09. The number of rotatable bonds is 5. The van der Waals surface area contributed by atoms with Gasteiger partial charge in [0.25, 0.3) is 0 Å². The summed E-state index contributed by atoms with van der Waals surface area (Å²) in [7, 11) is 1.84. The zero-order valence-corrected chi connectivity index (χ0v) is 8.04. The quantitative estimate of drug-likeness (QED) is 0.743.